The first-order valence-electron chi connectivity index (χ1n) is 3.78. The molecule has 0 bridgehead atoms. The highest BCUT2D eigenvalue weighted by atomic mass is 79.9. The van der Waals surface area contributed by atoms with E-state index in [-0.39, 0.29) is 5.82 Å². The average molecular weight is 245 g/mol. The van der Waals surface area contributed by atoms with Crippen LogP contribution >= 0.6 is 15.9 Å². The molecule has 0 spiro atoms. The minimum absolute atomic E-state index is 0.289. The third kappa shape index (κ3) is 3.19. The van der Waals surface area contributed by atoms with Crippen LogP contribution in [0.15, 0.2) is 29.3 Å². The van der Waals surface area contributed by atoms with Crippen molar-refractivity contribution in [3.05, 3.63) is 40.6 Å². The number of hydrogen-bond donors (Lipinski definition) is 0. The number of allylic oxidation sites excluding steroid dienone is 1. The average Bonchev–Trinajstić information content (AvgIpc) is 2.01. The summed E-state index contributed by atoms with van der Waals surface area (Å²) in [7, 11) is 1.52. The van der Waals surface area contributed by atoms with Crippen molar-refractivity contribution in [1.29, 1.82) is 0 Å². The Hall–Kier alpha value is -0.830. The summed E-state index contributed by atoms with van der Waals surface area (Å²) in [5, 5.41) is 0. The molecule has 0 aromatic heterocycles. The van der Waals surface area contributed by atoms with Gasteiger partial charge < -0.3 is 4.74 Å². The molecule has 0 saturated carbocycles. The highest BCUT2D eigenvalue weighted by Gasteiger charge is 2.01. The van der Waals surface area contributed by atoms with Crippen LogP contribution in [0.4, 0.5) is 4.39 Å². The molecule has 0 aliphatic carbocycles. The summed E-state index contributed by atoms with van der Waals surface area (Å²) < 4.78 is 18.7. The molecule has 1 rings (SSSR count). The SMILES string of the molecule is C=C(Br)Cc1cc(F)cc(OC)c1. The second kappa shape index (κ2) is 4.42. The van der Waals surface area contributed by atoms with E-state index < -0.39 is 0 Å². The van der Waals surface area contributed by atoms with E-state index in [1.165, 1.54) is 19.2 Å². The molecule has 70 valence electrons. The first kappa shape index (κ1) is 10.3. The monoisotopic (exact) mass is 244 g/mol. The zero-order valence-electron chi connectivity index (χ0n) is 7.31. The first-order chi connectivity index (χ1) is 6.11. The van der Waals surface area contributed by atoms with Crippen LogP contribution in [-0.2, 0) is 6.42 Å². The van der Waals surface area contributed by atoms with E-state index in [9.17, 15) is 4.39 Å². The van der Waals surface area contributed by atoms with Gasteiger partial charge in [-0.25, -0.2) is 4.39 Å². The maximum Gasteiger partial charge on any atom is 0.127 e. The zero-order valence-corrected chi connectivity index (χ0v) is 8.90. The van der Waals surface area contributed by atoms with Gasteiger partial charge in [-0.15, -0.1) is 0 Å². The molecule has 0 amide bonds. The van der Waals surface area contributed by atoms with Crippen molar-refractivity contribution in [1.82, 2.24) is 0 Å². The third-order valence-electron chi connectivity index (χ3n) is 1.56. The fourth-order valence-corrected chi connectivity index (χ4v) is 1.39. The quantitative estimate of drug-likeness (QED) is 0.793. The van der Waals surface area contributed by atoms with Crippen molar-refractivity contribution in [2.24, 2.45) is 0 Å². The van der Waals surface area contributed by atoms with Gasteiger partial charge in [0.25, 0.3) is 0 Å². The molecule has 3 heteroatoms. The summed E-state index contributed by atoms with van der Waals surface area (Å²) in [6, 6.07) is 4.60. The van der Waals surface area contributed by atoms with Gasteiger partial charge in [0, 0.05) is 12.5 Å². The van der Waals surface area contributed by atoms with Crippen LogP contribution in [0.25, 0.3) is 0 Å². The summed E-state index contributed by atoms with van der Waals surface area (Å²) in [5.74, 6) is 0.242. The molecule has 1 nitrogen and oxygen atoms in total. The molecule has 0 radical (unpaired) electrons. The molecule has 1 aromatic rings. The Morgan fingerprint density at radius 3 is 2.77 bits per heavy atom. The Balaban J connectivity index is 2.94. The fraction of sp³-hybridized carbons (Fsp3) is 0.200. The van der Waals surface area contributed by atoms with E-state index in [1.807, 2.05) is 0 Å². The molecule has 0 aliphatic rings. The van der Waals surface area contributed by atoms with Gasteiger partial charge in [-0.3, -0.25) is 0 Å². The molecule has 0 aliphatic heterocycles. The van der Waals surface area contributed by atoms with E-state index in [0.29, 0.717) is 12.2 Å². The lowest BCUT2D eigenvalue weighted by Gasteiger charge is -2.04. The van der Waals surface area contributed by atoms with Crippen molar-refractivity contribution in [3.63, 3.8) is 0 Å². The van der Waals surface area contributed by atoms with Crippen LogP contribution in [0.3, 0.4) is 0 Å². The van der Waals surface area contributed by atoms with E-state index >= 15 is 0 Å². The minimum atomic E-state index is -0.289. The topological polar surface area (TPSA) is 9.23 Å². The molecule has 0 fully saturated rings. The van der Waals surface area contributed by atoms with Crippen LogP contribution in [0.1, 0.15) is 5.56 Å². The standard InChI is InChI=1S/C10H10BrFO/c1-7(11)3-8-4-9(12)6-10(5-8)13-2/h4-6H,1,3H2,2H3. The smallest absolute Gasteiger partial charge is 0.127 e. The van der Waals surface area contributed by atoms with Crippen LogP contribution in [-0.4, -0.2) is 7.11 Å². The number of methoxy groups -OCH3 is 1. The summed E-state index contributed by atoms with van der Waals surface area (Å²) in [6.07, 6.45) is 0.605. The van der Waals surface area contributed by atoms with Crippen molar-refractivity contribution in [2.45, 2.75) is 6.42 Å². The second-order valence-electron chi connectivity index (χ2n) is 2.69. The maximum absolute atomic E-state index is 12.9. The van der Waals surface area contributed by atoms with E-state index in [2.05, 4.69) is 22.5 Å². The molecule has 0 N–H and O–H groups in total. The van der Waals surface area contributed by atoms with Gasteiger partial charge in [-0.05, 0) is 22.2 Å². The summed E-state index contributed by atoms with van der Waals surface area (Å²) >= 11 is 3.22. The third-order valence-corrected chi connectivity index (χ3v) is 1.84. The lowest BCUT2D eigenvalue weighted by Crippen LogP contribution is -1.89. The molecule has 0 atom stereocenters. The predicted molar refractivity (Wildman–Crippen MR) is 54.7 cm³/mol. The highest BCUT2D eigenvalue weighted by molar-refractivity contribution is 9.11. The molecule has 0 heterocycles. The van der Waals surface area contributed by atoms with Gasteiger partial charge in [0.2, 0.25) is 0 Å². The fourth-order valence-electron chi connectivity index (χ4n) is 1.06. The van der Waals surface area contributed by atoms with Crippen LogP contribution in [0.5, 0.6) is 5.75 Å². The Labute approximate surface area is 85.3 Å². The van der Waals surface area contributed by atoms with E-state index in [4.69, 9.17) is 4.74 Å². The Kier molecular flexibility index (Phi) is 3.48. The maximum atomic E-state index is 12.9. The molecule has 0 saturated heterocycles. The van der Waals surface area contributed by atoms with Gasteiger partial charge in [0.05, 0.1) is 7.11 Å². The van der Waals surface area contributed by atoms with Crippen molar-refractivity contribution in [2.75, 3.05) is 7.11 Å². The second-order valence-corrected chi connectivity index (χ2v) is 3.81. The van der Waals surface area contributed by atoms with Gasteiger partial charge in [-0.1, -0.05) is 22.5 Å². The van der Waals surface area contributed by atoms with Gasteiger partial charge >= 0.3 is 0 Å². The highest BCUT2D eigenvalue weighted by Crippen LogP contribution is 2.19. The molecular formula is C10H10BrFO. The Morgan fingerprint density at radius 2 is 2.23 bits per heavy atom. The minimum Gasteiger partial charge on any atom is -0.497 e. The van der Waals surface area contributed by atoms with Crippen LogP contribution in [0, 0.1) is 5.82 Å². The Morgan fingerprint density at radius 1 is 1.54 bits per heavy atom. The van der Waals surface area contributed by atoms with Crippen molar-refractivity contribution < 1.29 is 9.13 Å². The van der Waals surface area contributed by atoms with Gasteiger partial charge in [0.15, 0.2) is 0 Å². The largest absolute Gasteiger partial charge is 0.497 e. The van der Waals surface area contributed by atoms with Crippen LogP contribution in [0.2, 0.25) is 0 Å². The molecule has 1 aromatic carbocycles. The van der Waals surface area contributed by atoms with E-state index in [0.717, 1.165) is 10.0 Å². The summed E-state index contributed by atoms with van der Waals surface area (Å²) in [6.45, 7) is 3.69. The Bertz CT molecular complexity index is 323. The van der Waals surface area contributed by atoms with Crippen molar-refractivity contribution >= 4 is 15.9 Å². The molecule has 13 heavy (non-hydrogen) atoms. The molecule has 0 unspecified atom stereocenters. The normalized spacial score (nSPS) is 9.77. The summed E-state index contributed by atoms with van der Waals surface area (Å²) in [5.41, 5.74) is 0.846. The van der Waals surface area contributed by atoms with E-state index in [1.54, 1.807) is 6.07 Å². The number of halogens is 2. The van der Waals surface area contributed by atoms with Crippen molar-refractivity contribution in [3.8, 4) is 5.75 Å². The summed E-state index contributed by atoms with van der Waals surface area (Å²) in [4.78, 5) is 0. The lowest BCUT2D eigenvalue weighted by atomic mass is 10.1. The number of rotatable bonds is 3. The predicted octanol–water partition coefficient (Wildman–Crippen LogP) is 3.29. The number of ether oxygens (including phenoxy) is 1. The first-order valence-corrected chi connectivity index (χ1v) is 4.58. The lowest BCUT2D eigenvalue weighted by molar-refractivity contribution is 0.411. The number of benzene rings is 1. The molecular weight excluding hydrogens is 235 g/mol. The number of hydrogen-bond acceptors (Lipinski definition) is 1. The van der Waals surface area contributed by atoms with Crippen LogP contribution < -0.4 is 4.74 Å². The van der Waals surface area contributed by atoms with Gasteiger partial charge in [-0.2, -0.15) is 0 Å². The van der Waals surface area contributed by atoms with Gasteiger partial charge in [0.1, 0.15) is 11.6 Å². The zero-order chi connectivity index (χ0) is 9.84.